The highest BCUT2D eigenvalue weighted by atomic mass is 32.7. The monoisotopic (exact) mass is 1300 g/mol. The van der Waals surface area contributed by atoms with Crippen LogP contribution in [0.5, 0.6) is 0 Å². The summed E-state index contributed by atoms with van der Waals surface area (Å²) in [5.74, 6) is -3.39. The minimum Gasteiger partial charge on any atom is -0.387 e. The van der Waals surface area contributed by atoms with Crippen LogP contribution >= 0.6 is 38.1 Å². The number of hydrogen-bond acceptors (Lipinski definition) is 25. The summed E-state index contributed by atoms with van der Waals surface area (Å²) in [4.78, 5) is 111. The number of rotatable bonds is 22. The Morgan fingerprint density at radius 2 is 1.45 bits per heavy atom. The molecule has 0 aliphatic carbocycles. The summed E-state index contributed by atoms with van der Waals surface area (Å²) in [5, 5.41) is 43.0. The molecule has 5 aromatic rings. The van der Waals surface area contributed by atoms with Gasteiger partial charge in [-0.1, -0.05) is 61.2 Å². The summed E-state index contributed by atoms with van der Waals surface area (Å²) in [6.45, 7) is -10.7. The number of aliphatic hydroxyl groups excluding tert-OH is 2. The molecule has 11 atom stereocenters. The van der Waals surface area contributed by atoms with Crippen molar-refractivity contribution in [1.82, 2.24) is 65.5 Å². The topological polar surface area (TPSA) is 437 Å². The van der Waals surface area contributed by atoms with E-state index in [0.29, 0.717) is 49.3 Å². The summed E-state index contributed by atoms with van der Waals surface area (Å²) in [7, 11) is 0. The second-order valence-corrected chi connectivity index (χ2v) is 26.6. The Bertz CT molecular complexity index is 3570. The average molecular weight is 1300 g/mol. The molecule has 33 nitrogen and oxygen atoms in total. The Morgan fingerprint density at radius 3 is 2.23 bits per heavy atom. The molecule has 0 saturated carbocycles. The first-order valence-corrected chi connectivity index (χ1v) is 33.3. The van der Waals surface area contributed by atoms with Gasteiger partial charge in [-0.2, -0.15) is 9.97 Å². The lowest BCUT2D eigenvalue weighted by Crippen LogP contribution is -2.52. The van der Waals surface area contributed by atoms with Crippen LogP contribution in [0.4, 0.5) is 17.6 Å². The Hall–Kier alpha value is -7.14. The molecule has 3 saturated heterocycles. The van der Waals surface area contributed by atoms with Crippen molar-refractivity contribution >= 4 is 119 Å². The van der Waals surface area contributed by atoms with E-state index in [9.17, 15) is 52.9 Å². The van der Waals surface area contributed by atoms with Crippen molar-refractivity contribution in [3.63, 3.8) is 0 Å². The smallest absolute Gasteiger partial charge is 0.386 e. The maximum absolute atomic E-state index is 14.1. The number of thiol groups is 2. The number of fused-ring (bicyclic) bond motifs is 4. The summed E-state index contributed by atoms with van der Waals surface area (Å²) in [6, 6.07) is 7.58. The average Bonchev–Trinajstić information content (AvgIpc) is 1.71. The maximum Gasteiger partial charge on any atom is 0.386 e. The zero-order valence-corrected chi connectivity index (χ0v) is 50.3. The molecule has 2 unspecified atom stereocenters. The van der Waals surface area contributed by atoms with Crippen LogP contribution in [0.15, 0.2) is 61.3 Å². The third-order valence-corrected chi connectivity index (χ3v) is 17.9. The number of benzene rings is 1. The van der Waals surface area contributed by atoms with E-state index >= 15 is 0 Å². The quantitative estimate of drug-likeness (QED) is 0.0183. The molecular weight excluding hydrogens is 1230 g/mol. The van der Waals surface area contributed by atoms with Gasteiger partial charge in [0.2, 0.25) is 35.5 Å². The van der Waals surface area contributed by atoms with Gasteiger partial charge in [0.1, 0.15) is 66.0 Å². The number of imidazole rings is 1. The number of nitrogen functional groups attached to an aromatic ring is 1. The summed E-state index contributed by atoms with van der Waals surface area (Å²) in [5.41, 5.74) is 8.47. The molecule has 2 bridgehead atoms. The molecule has 11 N–H and O–H groups in total. The molecule has 5 aliphatic rings. The fraction of sp³-hybridized carbons (Fsp3) is 0.490. The van der Waals surface area contributed by atoms with E-state index in [0.717, 1.165) is 22.3 Å². The Morgan fingerprint density at radius 1 is 0.761 bits per heavy atom. The molecule has 4 aromatic heterocycles. The highest BCUT2D eigenvalue weighted by Crippen LogP contribution is 2.60. The lowest BCUT2D eigenvalue weighted by Gasteiger charge is -2.26. The van der Waals surface area contributed by atoms with Crippen LogP contribution in [0.25, 0.3) is 22.2 Å². The molecular formula is C51H64N16O17P2S2. The number of imide groups is 1. The largest absolute Gasteiger partial charge is 0.387 e. The van der Waals surface area contributed by atoms with Crippen LogP contribution in [0.3, 0.4) is 0 Å². The first-order chi connectivity index (χ1) is 42.2. The van der Waals surface area contributed by atoms with E-state index in [1.54, 1.807) is 41.1 Å². The Balaban J connectivity index is 0.705. The zero-order chi connectivity index (χ0) is 62.3. The van der Waals surface area contributed by atoms with Gasteiger partial charge in [0, 0.05) is 57.4 Å². The van der Waals surface area contributed by atoms with Crippen LogP contribution in [-0.2, 0) is 83.1 Å². The summed E-state index contributed by atoms with van der Waals surface area (Å²) >= 11 is 8.44. The van der Waals surface area contributed by atoms with Crippen molar-refractivity contribution in [3.05, 3.63) is 72.5 Å². The molecule has 7 amide bonds. The number of carbonyl (C=O) groups excluding carboxylic acids is 7. The minimum atomic E-state index is -4.51. The number of aliphatic hydroxyl groups is 2. The molecule has 5 aliphatic heterocycles. The van der Waals surface area contributed by atoms with Crippen molar-refractivity contribution in [1.29, 1.82) is 0 Å². The summed E-state index contributed by atoms with van der Waals surface area (Å²) < 4.78 is 66.7. The fourth-order valence-corrected chi connectivity index (χ4v) is 13.4. The molecule has 1 aromatic carbocycles. The molecule has 37 heteroatoms. The van der Waals surface area contributed by atoms with Gasteiger partial charge in [-0.25, -0.2) is 24.1 Å². The van der Waals surface area contributed by atoms with E-state index in [4.69, 9.17) is 33.3 Å². The van der Waals surface area contributed by atoms with Crippen molar-refractivity contribution in [2.24, 2.45) is 0 Å². The van der Waals surface area contributed by atoms with Crippen molar-refractivity contribution in [2.75, 3.05) is 75.4 Å². The predicted molar refractivity (Wildman–Crippen MR) is 316 cm³/mol. The van der Waals surface area contributed by atoms with Gasteiger partial charge in [-0.3, -0.25) is 61.1 Å². The van der Waals surface area contributed by atoms with Gasteiger partial charge in [0.15, 0.2) is 23.9 Å². The van der Waals surface area contributed by atoms with E-state index in [1.807, 2.05) is 0 Å². The highest BCUT2D eigenvalue weighted by molar-refractivity contribution is 8.44. The lowest BCUT2D eigenvalue weighted by molar-refractivity contribution is -0.137. The number of nitrogens with one attached hydrogen (secondary N) is 7. The number of ether oxygens (including phenoxy) is 2. The number of aryl methyl sites for hydroxylation is 1. The number of aromatic nitrogens is 7. The number of anilines is 3. The number of nitrogens with two attached hydrogens (primary N) is 1. The second-order valence-electron chi connectivity index (χ2n) is 20.9. The standard InChI is InChI=1S/C51H64N16O17P2S2/c52-44-39-47(64-51(63-44)55-16-15-53-33(69)20-58-48(76)29(18-27-8-3-1-4-9-27)62-35(71)21-57-34(70)19-56-32(68)11-5-2-6-17-65-36(72)12-13-37(65)73)67(26-61-39)50-43-40(74)30(81-50)23-79-85(77,87)83-42-31(24-80-86(78,88)84-43)82-49(41(42)75)66-22-28-10-7-14-54-45-38(28)46(66)60-25-59-45/h1,3-4,8-9,12-13,22,25-26,29-31,40-43,49-50,74-75H,2,5-7,10-11,14-21,23-24H2,(H,53,69)(H,56,68)(H,57,70)(H,58,76)(H,62,71)(H,77,87)(H,78,88)(H,54,59,60)(H3,52,55,63,64)/t29-,30+,31+,40+,41+,42+,43+,49+,50+,85?,86?/m0/s1. The van der Waals surface area contributed by atoms with Gasteiger partial charge in [0.05, 0.1) is 44.6 Å². The van der Waals surface area contributed by atoms with Crippen LogP contribution < -0.4 is 43.0 Å². The SMILES string of the molecule is Nc1nc(NCCNC(=O)CNC(=O)[C@H](Cc2ccccc2)NC(=O)CNC(=O)CNC(=O)CCCCCN2C(=O)C=CC2=O)nc2c1ncn2[C@@H]1O[C@@H]2COP(=O)(S)O[C@H]3[C@@H](O)[C@H](n4cc5c6c(ncnc64)NCCC5)O[C@@H]3COP(=O)(S)O[C@@H]1[C@@H]2O. The van der Waals surface area contributed by atoms with Crippen LogP contribution in [0, 0.1) is 0 Å². The molecule has 9 heterocycles. The van der Waals surface area contributed by atoms with E-state index in [1.165, 1.54) is 29.4 Å². The lowest BCUT2D eigenvalue weighted by atomic mass is 10.1. The number of hydrogen-bond donors (Lipinski definition) is 12. The van der Waals surface area contributed by atoms with Crippen LogP contribution in [0.2, 0.25) is 0 Å². The third-order valence-electron chi connectivity index (χ3n) is 14.7. The Labute approximate surface area is 511 Å². The number of carbonyl (C=O) groups is 7. The van der Waals surface area contributed by atoms with Gasteiger partial charge in [-0.15, -0.1) is 0 Å². The second kappa shape index (κ2) is 28.1. The number of unbranched alkanes of at least 4 members (excludes halogenated alkanes) is 2. The van der Waals surface area contributed by atoms with Gasteiger partial charge in [0.25, 0.3) is 11.8 Å². The molecule has 0 spiro atoms. The Kier molecular flexibility index (Phi) is 20.4. The first-order valence-electron chi connectivity index (χ1n) is 28.0. The highest BCUT2D eigenvalue weighted by Gasteiger charge is 2.53. The predicted octanol–water partition coefficient (Wildman–Crippen LogP) is -0.289. The van der Waals surface area contributed by atoms with E-state index in [2.05, 4.69) is 86.6 Å². The van der Waals surface area contributed by atoms with Gasteiger partial charge < -0.3 is 67.2 Å². The molecule has 3 fully saturated rings. The molecule has 0 radical (unpaired) electrons. The van der Waals surface area contributed by atoms with Gasteiger partial charge in [-0.05, 0) is 36.8 Å². The zero-order valence-electron chi connectivity index (χ0n) is 46.7. The van der Waals surface area contributed by atoms with Crippen molar-refractivity contribution < 1.29 is 80.5 Å². The normalized spacial score (nSPS) is 26.4. The first kappa shape index (κ1) is 63.9. The molecule has 472 valence electrons. The van der Waals surface area contributed by atoms with E-state index in [-0.39, 0.29) is 67.2 Å². The number of nitrogens with zero attached hydrogens (tertiary/aromatic N) is 8. The van der Waals surface area contributed by atoms with Crippen molar-refractivity contribution in [3.8, 4) is 0 Å². The third kappa shape index (κ3) is 15.5. The van der Waals surface area contributed by atoms with Crippen molar-refractivity contribution in [2.45, 2.75) is 100 Å². The fourth-order valence-electron chi connectivity index (χ4n) is 10.4. The van der Waals surface area contributed by atoms with Gasteiger partial charge >= 0.3 is 13.6 Å². The summed E-state index contributed by atoms with van der Waals surface area (Å²) in [6.07, 6.45) is -1.44. The number of amides is 7. The van der Waals surface area contributed by atoms with Crippen LogP contribution in [-0.4, -0.2) is 192 Å². The minimum absolute atomic E-state index is 0.0151. The molecule has 88 heavy (non-hydrogen) atoms. The van der Waals surface area contributed by atoms with Crippen LogP contribution in [0.1, 0.15) is 55.7 Å². The molecule has 10 rings (SSSR count). The van der Waals surface area contributed by atoms with E-state index < -0.39 is 131 Å². The maximum atomic E-state index is 14.1.